The summed E-state index contributed by atoms with van der Waals surface area (Å²) in [5, 5.41) is 12.5. The normalized spacial score (nSPS) is 14.7. The molecule has 3 rings (SSSR count). The molecule has 0 atom stereocenters. The second kappa shape index (κ2) is 7.91. The number of nitrogens with zero attached hydrogens (tertiary/aromatic N) is 1. The lowest BCUT2D eigenvalue weighted by Gasteiger charge is -2.32. The van der Waals surface area contributed by atoms with Crippen LogP contribution in [0.15, 0.2) is 48.5 Å². The minimum atomic E-state index is -0.213. The van der Waals surface area contributed by atoms with E-state index in [0.29, 0.717) is 42.8 Å². The zero-order valence-corrected chi connectivity index (χ0v) is 14.6. The van der Waals surface area contributed by atoms with Crippen molar-refractivity contribution < 1.29 is 19.4 Å². The zero-order valence-electron chi connectivity index (χ0n) is 14.6. The van der Waals surface area contributed by atoms with Gasteiger partial charge in [0.1, 0.15) is 11.5 Å². The number of hydrogen-bond donors (Lipinski definition) is 2. The van der Waals surface area contributed by atoms with Gasteiger partial charge in [-0.05, 0) is 43.2 Å². The molecule has 0 bridgehead atoms. The molecule has 1 aliphatic heterocycles. The molecule has 0 spiro atoms. The van der Waals surface area contributed by atoms with Gasteiger partial charge in [-0.25, -0.2) is 0 Å². The van der Waals surface area contributed by atoms with E-state index in [1.807, 2.05) is 12.1 Å². The van der Waals surface area contributed by atoms with Gasteiger partial charge in [-0.1, -0.05) is 18.2 Å². The highest BCUT2D eigenvalue weighted by Crippen LogP contribution is 2.22. The maximum Gasteiger partial charge on any atom is 0.257 e. The van der Waals surface area contributed by atoms with E-state index in [0.717, 1.165) is 0 Å². The number of para-hydroxylation sites is 1. The van der Waals surface area contributed by atoms with Crippen LogP contribution in [0.2, 0.25) is 0 Å². The Morgan fingerprint density at radius 2 is 1.85 bits per heavy atom. The largest absolute Gasteiger partial charge is 0.508 e. The van der Waals surface area contributed by atoms with E-state index in [4.69, 9.17) is 4.74 Å². The first kappa shape index (κ1) is 17.8. The second-order valence-corrected chi connectivity index (χ2v) is 6.29. The van der Waals surface area contributed by atoms with Gasteiger partial charge in [-0.2, -0.15) is 0 Å². The Balaban J connectivity index is 1.57. The summed E-state index contributed by atoms with van der Waals surface area (Å²) in [4.78, 5) is 26.8. The van der Waals surface area contributed by atoms with Gasteiger partial charge < -0.3 is 20.1 Å². The summed E-state index contributed by atoms with van der Waals surface area (Å²) in [6.07, 6.45) is 1.37. The highest BCUT2D eigenvalue weighted by Gasteiger charge is 2.26. The number of ether oxygens (including phenoxy) is 1. The molecule has 136 valence electrons. The number of aromatic hydroxyl groups is 1. The Morgan fingerprint density at radius 1 is 1.12 bits per heavy atom. The fourth-order valence-electron chi connectivity index (χ4n) is 3.13. The summed E-state index contributed by atoms with van der Waals surface area (Å²) < 4.78 is 5.26. The van der Waals surface area contributed by atoms with Crippen molar-refractivity contribution in [2.75, 3.05) is 20.2 Å². The van der Waals surface area contributed by atoms with Gasteiger partial charge in [0.15, 0.2) is 0 Å². The van der Waals surface area contributed by atoms with Gasteiger partial charge in [-0.3, -0.25) is 9.59 Å². The Morgan fingerprint density at radius 3 is 2.54 bits per heavy atom. The zero-order chi connectivity index (χ0) is 18.5. The highest BCUT2D eigenvalue weighted by molar-refractivity contribution is 5.97. The van der Waals surface area contributed by atoms with Gasteiger partial charge >= 0.3 is 0 Å². The number of hydrogen-bond acceptors (Lipinski definition) is 4. The van der Waals surface area contributed by atoms with Crippen molar-refractivity contribution in [1.82, 2.24) is 10.2 Å². The van der Waals surface area contributed by atoms with Crippen LogP contribution >= 0.6 is 0 Å². The van der Waals surface area contributed by atoms with Gasteiger partial charge in [0.2, 0.25) is 0 Å². The number of nitrogens with one attached hydrogen (secondary N) is 1. The third-order valence-electron chi connectivity index (χ3n) is 4.56. The smallest absolute Gasteiger partial charge is 0.257 e. The number of phenols is 1. The molecule has 26 heavy (non-hydrogen) atoms. The summed E-state index contributed by atoms with van der Waals surface area (Å²) >= 11 is 0. The Kier molecular flexibility index (Phi) is 5.41. The number of likely N-dealkylation sites (tertiary alicyclic amines) is 1. The summed E-state index contributed by atoms with van der Waals surface area (Å²) in [5.41, 5.74) is 0.981. The molecule has 2 aromatic rings. The fourth-order valence-corrected chi connectivity index (χ4v) is 3.13. The molecule has 0 aromatic heterocycles. The summed E-state index contributed by atoms with van der Waals surface area (Å²) in [5.74, 6) is 0.363. The summed E-state index contributed by atoms with van der Waals surface area (Å²) in [6, 6.07) is 13.5. The van der Waals surface area contributed by atoms with Crippen molar-refractivity contribution in [1.29, 1.82) is 0 Å². The van der Waals surface area contributed by atoms with Crippen molar-refractivity contribution in [2.24, 2.45) is 0 Å². The van der Waals surface area contributed by atoms with Crippen molar-refractivity contribution in [3.8, 4) is 11.5 Å². The Bertz CT molecular complexity index is 798. The van der Waals surface area contributed by atoms with Crippen molar-refractivity contribution in [3.63, 3.8) is 0 Å². The van der Waals surface area contributed by atoms with E-state index in [2.05, 4.69) is 5.32 Å². The van der Waals surface area contributed by atoms with E-state index >= 15 is 0 Å². The van der Waals surface area contributed by atoms with Crippen LogP contribution in [0.25, 0.3) is 0 Å². The molecule has 2 aromatic carbocycles. The molecular weight excluding hydrogens is 332 g/mol. The number of carbonyl (C=O) groups excluding carboxylic acids is 2. The number of amides is 2. The SMILES string of the molecule is COc1ccccc1C(=O)N1CCC(NC(=O)c2cccc(O)c2)CC1. The molecule has 1 aliphatic rings. The summed E-state index contributed by atoms with van der Waals surface area (Å²) in [7, 11) is 1.55. The summed E-state index contributed by atoms with van der Waals surface area (Å²) in [6.45, 7) is 1.14. The molecule has 1 saturated heterocycles. The third-order valence-corrected chi connectivity index (χ3v) is 4.56. The van der Waals surface area contributed by atoms with Gasteiger partial charge in [-0.15, -0.1) is 0 Å². The molecule has 1 fully saturated rings. The number of benzene rings is 2. The van der Waals surface area contributed by atoms with Crippen molar-refractivity contribution in [3.05, 3.63) is 59.7 Å². The molecule has 0 radical (unpaired) electrons. The molecular formula is C20H22N2O4. The Labute approximate surface area is 152 Å². The van der Waals surface area contributed by atoms with Crippen LogP contribution in [-0.2, 0) is 0 Å². The third kappa shape index (κ3) is 3.96. The lowest BCUT2D eigenvalue weighted by Crippen LogP contribution is -2.46. The minimum absolute atomic E-state index is 0.00608. The molecule has 1 heterocycles. The highest BCUT2D eigenvalue weighted by atomic mass is 16.5. The van der Waals surface area contributed by atoms with Gasteiger partial charge in [0.25, 0.3) is 11.8 Å². The van der Waals surface area contributed by atoms with Crippen LogP contribution < -0.4 is 10.1 Å². The van der Waals surface area contributed by atoms with Crippen molar-refractivity contribution in [2.45, 2.75) is 18.9 Å². The number of carbonyl (C=O) groups is 2. The lowest BCUT2D eigenvalue weighted by atomic mass is 10.0. The maximum absolute atomic E-state index is 12.7. The van der Waals surface area contributed by atoms with Crippen LogP contribution in [0.1, 0.15) is 33.6 Å². The first-order valence-corrected chi connectivity index (χ1v) is 8.60. The number of phenolic OH excluding ortho intramolecular Hbond substituents is 1. The molecule has 0 saturated carbocycles. The predicted octanol–water partition coefficient (Wildman–Crippen LogP) is 2.44. The number of rotatable bonds is 4. The van der Waals surface area contributed by atoms with Gasteiger partial charge in [0, 0.05) is 24.7 Å². The average molecular weight is 354 g/mol. The van der Waals surface area contributed by atoms with E-state index in [9.17, 15) is 14.7 Å². The Hall–Kier alpha value is -3.02. The predicted molar refractivity (Wildman–Crippen MR) is 97.5 cm³/mol. The van der Waals surface area contributed by atoms with E-state index < -0.39 is 0 Å². The first-order chi connectivity index (χ1) is 12.6. The number of piperidine rings is 1. The first-order valence-electron chi connectivity index (χ1n) is 8.60. The second-order valence-electron chi connectivity index (χ2n) is 6.29. The standard InChI is InChI=1S/C20H22N2O4/c1-26-18-8-3-2-7-17(18)20(25)22-11-9-15(10-12-22)21-19(24)14-5-4-6-16(23)13-14/h2-8,13,15,23H,9-12H2,1H3,(H,21,24). The molecule has 2 N–H and O–H groups in total. The van der Waals surface area contributed by atoms with Crippen LogP contribution in [0.5, 0.6) is 11.5 Å². The minimum Gasteiger partial charge on any atom is -0.508 e. The van der Waals surface area contributed by atoms with Crippen LogP contribution in [0.3, 0.4) is 0 Å². The topological polar surface area (TPSA) is 78.9 Å². The van der Waals surface area contributed by atoms with Crippen LogP contribution in [0, 0.1) is 0 Å². The number of methoxy groups -OCH3 is 1. The van der Waals surface area contributed by atoms with Crippen molar-refractivity contribution >= 4 is 11.8 Å². The lowest BCUT2D eigenvalue weighted by molar-refractivity contribution is 0.0695. The molecule has 6 heteroatoms. The van der Waals surface area contributed by atoms with E-state index in [1.54, 1.807) is 36.3 Å². The maximum atomic E-state index is 12.7. The molecule has 0 unspecified atom stereocenters. The molecule has 6 nitrogen and oxygen atoms in total. The molecule has 0 aliphatic carbocycles. The van der Waals surface area contributed by atoms with Crippen LogP contribution in [-0.4, -0.2) is 48.1 Å². The van der Waals surface area contributed by atoms with E-state index in [1.165, 1.54) is 12.1 Å². The van der Waals surface area contributed by atoms with Crippen LogP contribution in [0.4, 0.5) is 0 Å². The fraction of sp³-hybridized carbons (Fsp3) is 0.300. The quantitative estimate of drug-likeness (QED) is 0.884. The monoisotopic (exact) mass is 354 g/mol. The molecule has 2 amide bonds. The van der Waals surface area contributed by atoms with Gasteiger partial charge in [0.05, 0.1) is 12.7 Å². The average Bonchev–Trinajstić information content (AvgIpc) is 2.68. The van der Waals surface area contributed by atoms with E-state index in [-0.39, 0.29) is 23.6 Å².